The highest BCUT2D eigenvalue weighted by Gasteiger charge is 2.19. The minimum absolute atomic E-state index is 0.169. The Morgan fingerprint density at radius 2 is 1.70 bits per heavy atom. The fourth-order valence-electron chi connectivity index (χ4n) is 2.46. The van der Waals surface area contributed by atoms with Crippen molar-refractivity contribution in [3.8, 4) is 11.3 Å². The number of aryl methyl sites for hydroxylation is 1. The number of anilines is 1. The number of benzene rings is 2. The van der Waals surface area contributed by atoms with Crippen LogP contribution in [0.1, 0.15) is 26.8 Å². The monoisotopic (exact) mass is 372 g/mol. The first kappa shape index (κ1) is 18.2. The SMILES string of the molecule is COC(=O)c1nc(-c2ccc(NC(=O)c3c(F)cccc3F)cc2)c(C)o1. The molecule has 1 N–H and O–H groups in total. The second kappa shape index (κ2) is 7.36. The molecule has 1 heterocycles. The summed E-state index contributed by atoms with van der Waals surface area (Å²) >= 11 is 0. The third-order valence-corrected chi connectivity index (χ3v) is 3.76. The normalized spacial score (nSPS) is 10.5. The highest BCUT2D eigenvalue weighted by molar-refractivity contribution is 6.04. The number of esters is 1. The van der Waals surface area contributed by atoms with Gasteiger partial charge < -0.3 is 14.5 Å². The Morgan fingerprint density at radius 3 is 2.30 bits per heavy atom. The molecule has 3 rings (SSSR count). The van der Waals surface area contributed by atoms with E-state index in [2.05, 4.69) is 15.0 Å². The van der Waals surface area contributed by atoms with Crippen molar-refractivity contribution in [3.63, 3.8) is 0 Å². The Labute approximate surface area is 152 Å². The molecule has 6 nitrogen and oxygen atoms in total. The van der Waals surface area contributed by atoms with E-state index in [1.165, 1.54) is 25.3 Å². The molecule has 27 heavy (non-hydrogen) atoms. The van der Waals surface area contributed by atoms with Crippen LogP contribution in [0.3, 0.4) is 0 Å². The van der Waals surface area contributed by atoms with E-state index in [4.69, 9.17) is 4.42 Å². The topological polar surface area (TPSA) is 81.4 Å². The zero-order valence-corrected chi connectivity index (χ0v) is 14.4. The predicted molar refractivity (Wildman–Crippen MR) is 92.3 cm³/mol. The first-order chi connectivity index (χ1) is 12.9. The van der Waals surface area contributed by atoms with Crippen LogP contribution in [0.5, 0.6) is 0 Å². The van der Waals surface area contributed by atoms with E-state index in [0.29, 0.717) is 22.7 Å². The molecule has 0 aliphatic carbocycles. The van der Waals surface area contributed by atoms with Gasteiger partial charge in [0.05, 0.1) is 7.11 Å². The van der Waals surface area contributed by atoms with Crippen LogP contribution in [0.4, 0.5) is 14.5 Å². The number of carbonyl (C=O) groups is 2. The van der Waals surface area contributed by atoms with Crippen molar-refractivity contribution in [2.45, 2.75) is 6.92 Å². The number of aromatic nitrogens is 1. The lowest BCUT2D eigenvalue weighted by molar-refractivity contribution is 0.0554. The molecule has 0 aliphatic rings. The van der Waals surface area contributed by atoms with Crippen LogP contribution in [0.2, 0.25) is 0 Å². The number of hydrogen-bond donors (Lipinski definition) is 1. The van der Waals surface area contributed by atoms with Crippen molar-refractivity contribution >= 4 is 17.6 Å². The van der Waals surface area contributed by atoms with E-state index in [9.17, 15) is 18.4 Å². The zero-order chi connectivity index (χ0) is 19.6. The third-order valence-electron chi connectivity index (χ3n) is 3.76. The molecule has 0 atom stereocenters. The molecule has 2 aromatic carbocycles. The molecule has 0 saturated heterocycles. The van der Waals surface area contributed by atoms with Crippen molar-refractivity contribution < 1.29 is 27.5 Å². The van der Waals surface area contributed by atoms with Crippen LogP contribution in [-0.2, 0) is 4.74 Å². The number of halogens is 2. The lowest BCUT2D eigenvalue weighted by Gasteiger charge is -2.07. The molecule has 0 unspecified atom stereocenters. The summed E-state index contributed by atoms with van der Waals surface area (Å²) in [5, 5.41) is 2.43. The van der Waals surface area contributed by atoms with Gasteiger partial charge in [-0.05, 0) is 31.2 Å². The summed E-state index contributed by atoms with van der Waals surface area (Å²) in [6, 6.07) is 9.52. The first-order valence-corrected chi connectivity index (χ1v) is 7.82. The fourth-order valence-corrected chi connectivity index (χ4v) is 2.46. The molecular weight excluding hydrogens is 358 g/mol. The van der Waals surface area contributed by atoms with E-state index in [0.717, 1.165) is 12.1 Å². The van der Waals surface area contributed by atoms with Crippen LogP contribution >= 0.6 is 0 Å². The van der Waals surface area contributed by atoms with Crippen LogP contribution in [0, 0.1) is 18.6 Å². The second-order valence-corrected chi connectivity index (χ2v) is 5.54. The molecule has 3 aromatic rings. The Balaban J connectivity index is 1.81. The Bertz CT molecular complexity index is 993. The largest absolute Gasteiger partial charge is 0.462 e. The standard InChI is InChI=1S/C19H14F2N2O4/c1-10-16(23-18(27-10)19(25)26-2)11-6-8-12(9-7-11)22-17(24)15-13(20)4-3-5-14(15)21/h3-9H,1-2H3,(H,22,24). The van der Waals surface area contributed by atoms with Crippen molar-refractivity contribution in [2.24, 2.45) is 0 Å². The maximum atomic E-state index is 13.7. The molecule has 0 radical (unpaired) electrons. The average molecular weight is 372 g/mol. The van der Waals surface area contributed by atoms with Crippen molar-refractivity contribution in [1.29, 1.82) is 0 Å². The van der Waals surface area contributed by atoms with Gasteiger partial charge in [-0.1, -0.05) is 18.2 Å². The average Bonchev–Trinajstić information content (AvgIpc) is 3.03. The maximum Gasteiger partial charge on any atom is 0.394 e. The van der Waals surface area contributed by atoms with Gasteiger partial charge in [-0.25, -0.2) is 18.6 Å². The maximum absolute atomic E-state index is 13.7. The third kappa shape index (κ3) is 3.69. The van der Waals surface area contributed by atoms with Gasteiger partial charge >= 0.3 is 11.9 Å². The molecular formula is C19H14F2N2O4. The first-order valence-electron chi connectivity index (χ1n) is 7.82. The highest BCUT2D eigenvalue weighted by atomic mass is 19.1. The van der Waals surface area contributed by atoms with Gasteiger partial charge in [0.1, 0.15) is 28.7 Å². The van der Waals surface area contributed by atoms with Gasteiger partial charge in [-0.3, -0.25) is 4.79 Å². The fraction of sp³-hybridized carbons (Fsp3) is 0.105. The van der Waals surface area contributed by atoms with Crippen molar-refractivity contribution in [1.82, 2.24) is 4.98 Å². The van der Waals surface area contributed by atoms with Crippen LogP contribution in [-0.4, -0.2) is 24.0 Å². The highest BCUT2D eigenvalue weighted by Crippen LogP contribution is 2.25. The number of hydrogen-bond acceptors (Lipinski definition) is 5. The Kier molecular flexibility index (Phi) is 4.98. The van der Waals surface area contributed by atoms with Gasteiger partial charge in [0, 0.05) is 11.3 Å². The lowest BCUT2D eigenvalue weighted by Crippen LogP contribution is -2.15. The molecule has 0 saturated carbocycles. The lowest BCUT2D eigenvalue weighted by atomic mass is 10.1. The molecule has 0 bridgehead atoms. The molecule has 138 valence electrons. The quantitative estimate of drug-likeness (QED) is 0.701. The number of amides is 1. The zero-order valence-electron chi connectivity index (χ0n) is 14.4. The Morgan fingerprint density at radius 1 is 1.07 bits per heavy atom. The molecule has 1 aromatic heterocycles. The van der Waals surface area contributed by atoms with Crippen LogP contribution < -0.4 is 5.32 Å². The van der Waals surface area contributed by atoms with E-state index in [1.807, 2.05) is 0 Å². The Hall–Kier alpha value is -3.55. The van der Waals surface area contributed by atoms with E-state index < -0.39 is 29.1 Å². The van der Waals surface area contributed by atoms with Crippen LogP contribution in [0.25, 0.3) is 11.3 Å². The van der Waals surface area contributed by atoms with Gasteiger partial charge in [0.25, 0.3) is 5.91 Å². The minimum Gasteiger partial charge on any atom is -0.462 e. The molecule has 8 heteroatoms. The number of methoxy groups -OCH3 is 1. The van der Waals surface area contributed by atoms with E-state index >= 15 is 0 Å². The summed E-state index contributed by atoms with van der Waals surface area (Å²) in [7, 11) is 1.22. The second-order valence-electron chi connectivity index (χ2n) is 5.54. The number of nitrogens with one attached hydrogen (secondary N) is 1. The van der Waals surface area contributed by atoms with Crippen molar-refractivity contribution in [2.75, 3.05) is 12.4 Å². The van der Waals surface area contributed by atoms with Gasteiger partial charge in [0.2, 0.25) is 0 Å². The number of nitrogens with zero attached hydrogens (tertiary/aromatic N) is 1. The molecule has 0 aliphatic heterocycles. The van der Waals surface area contributed by atoms with Gasteiger partial charge in [-0.2, -0.15) is 0 Å². The number of ether oxygens (including phenoxy) is 1. The summed E-state index contributed by atoms with van der Waals surface area (Å²) in [5.41, 5.74) is 0.743. The smallest absolute Gasteiger partial charge is 0.394 e. The predicted octanol–water partition coefficient (Wildman–Crippen LogP) is 3.97. The van der Waals surface area contributed by atoms with E-state index in [1.54, 1.807) is 19.1 Å². The van der Waals surface area contributed by atoms with Crippen LogP contribution in [0.15, 0.2) is 46.9 Å². The summed E-state index contributed by atoms with van der Waals surface area (Å²) in [4.78, 5) is 27.7. The molecule has 0 fully saturated rings. The van der Waals surface area contributed by atoms with Gasteiger partial charge in [0.15, 0.2) is 0 Å². The summed E-state index contributed by atoms with van der Waals surface area (Å²) < 4.78 is 37.2. The summed E-state index contributed by atoms with van der Waals surface area (Å²) in [6.07, 6.45) is 0. The summed E-state index contributed by atoms with van der Waals surface area (Å²) in [5.74, 6) is -3.24. The molecule has 1 amide bonds. The van der Waals surface area contributed by atoms with Crippen molar-refractivity contribution in [3.05, 3.63) is 71.3 Å². The minimum atomic E-state index is -0.947. The number of carbonyl (C=O) groups excluding carboxylic acids is 2. The number of oxazole rings is 1. The van der Waals surface area contributed by atoms with Gasteiger partial charge in [-0.15, -0.1) is 0 Å². The summed E-state index contributed by atoms with van der Waals surface area (Å²) in [6.45, 7) is 1.64. The van der Waals surface area contributed by atoms with E-state index in [-0.39, 0.29) is 5.89 Å². The number of rotatable bonds is 4. The molecule has 0 spiro atoms.